The second-order valence-corrected chi connectivity index (χ2v) is 6.59. The molecule has 3 amide bonds. The van der Waals surface area contributed by atoms with Gasteiger partial charge in [0.25, 0.3) is 5.91 Å². The molecule has 2 aromatic rings. The lowest BCUT2D eigenvalue weighted by atomic mass is 10.1. The number of hydrogen-bond donors (Lipinski definition) is 2. The van der Waals surface area contributed by atoms with Crippen LogP contribution in [0.5, 0.6) is 0 Å². The number of fused-ring (bicyclic) bond motifs is 1. The Bertz CT molecular complexity index is 879. The molecule has 0 aliphatic carbocycles. The Morgan fingerprint density at radius 3 is 2.89 bits per heavy atom. The smallest absolute Gasteiger partial charge is 0.321 e. The maximum Gasteiger partial charge on any atom is 0.321 e. The number of benzene rings is 1. The summed E-state index contributed by atoms with van der Waals surface area (Å²) in [5.74, 6) is 0.459. The Hall–Kier alpha value is -3.13. The number of ether oxygens (including phenoxy) is 1. The van der Waals surface area contributed by atoms with Crippen LogP contribution in [0.3, 0.4) is 0 Å². The monoisotopic (exact) mass is 367 g/mol. The van der Waals surface area contributed by atoms with E-state index in [2.05, 4.69) is 20.5 Å². The van der Waals surface area contributed by atoms with Gasteiger partial charge in [-0.25, -0.2) is 9.78 Å². The van der Waals surface area contributed by atoms with Crippen LogP contribution >= 0.6 is 0 Å². The predicted molar refractivity (Wildman–Crippen MR) is 102 cm³/mol. The van der Waals surface area contributed by atoms with Crippen LogP contribution in [0.1, 0.15) is 15.9 Å². The molecule has 140 valence electrons. The van der Waals surface area contributed by atoms with Crippen molar-refractivity contribution in [3.05, 3.63) is 47.7 Å². The van der Waals surface area contributed by atoms with Gasteiger partial charge >= 0.3 is 6.03 Å². The van der Waals surface area contributed by atoms with Gasteiger partial charge in [-0.15, -0.1) is 0 Å². The number of nitrogens with zero attached hydrogens (tertiary/aromatic N) is 3. The fraction of sp³-hybridized carbons (Fsp3) is 0.316. The molecule has 0 spiro atoms. The highest BCUT2D eigenvalue weighted by Crippen LogP contribution is 2.27. The molecular formula is C19H21N5O3. The van der Waals surface area contributed by atoms with Crippen LogP contribution in [-0.2, 0) is 11.3 Å². The zero-order chi connectivity index (χ0) is 18.8. The van der Waals surface area contributed by atoms with Crippen LogP contribution in [0.25, 0.3) is 0 Å². The van der Waals surface area contributed by atoms with Crippen molar-refractivity contribution in [2.24, 2.45) is 0 Å². The summed E-state index contributed by atoms with van der Waals surface area (Å²) in [5, 5.41) is 5.77. The summed E-state index contributed by atoms with van der Waals surface area (Å²) in [4.78, 5) is 32.7. The quantitative estimate of drug-likeness (QED) is 0.868. The van der Waals surface area contributed by atoms with Crippen LogP contribution in [0, 0.1) is 0 Å². The van der Waals surface area contributed by atoms with Gasteiger partial charge in [-0.2, -0.15) is 0 Å². The maximum absolute atomic E-state index is 12.9. The third-order valence-corrected chi connectivity index (χ3v) is 4.70. The molecule has 4 rings (SSSR count). The molecule has 0 radical (unpaired) electrons. The van der Waals surface area contributed by atoms with E-state index < -0.39 is 0 Å². The molecular weight excluding hydrogens is 346 g/mol. The summed E-state index contributed by atoms with van der Waals surface area (Å²) in [7, 11) is 1.73. The number of urea groups is 1. The third kappa shape index (κ3) is 3.56. The maximum atomic E-state index is 12.9. The van der Waals surface area contributed by atoms with Crippen LogP contribution in [0.15, 0.2) is 36.5 Å². The second-order valence-electron chi connectivity index (χ2n) is 6.59. The first-order valence-electron chi connectivity index (χ1n) is 8.86. The van der Waals surface area contributed by atoms with Gasteiger partial charge < -0.3 is 25.2 Å². The molecule has 1 fully saturated rings. The van der Waals surface area contributed by atoms with Gasteiger partial charge in [0, 0.05) is 44.3 Å². The molecule has 0 bridgehead atoms. The molecule has 2 N–H and O–H groups in total. The minimum Gasteiger partial charge on any atom is -0.378 e. The molecule has 2 aliphatic rings. The average Bonchev–Trinajstić information content (AvgIpc) is 2.70. The minimum atomic E-state index is -0.210. The summed E-state index contributed by atoms with van der Waals surface area (Å²) in [6.07, 6.45) is 1.69. The summed E-state index contributed by atoms with van der Waals surface area (Å²) < 4.78 is 5.38. The lowest BCUT2D eigenvalue weighted by Gasteiger charge is -2.29. The van der Waals surface area contributed by atoms with Crippen molar-refractivity contribution in [3.8, 4) is 0 Å². The number of amides is 3. The Kier molecular flexibility index (Phi) is 4.64. The van der Waals surface area contributed by atoms with E-state index in [1.165, 1.54) is 0 Å². The van der Waals surface area contributed by atoms with Gasteiger partial charge in [-0.3, -0.25) is 4.79 Å². The average molecular weight is 367 g/mol. The van der Waals surface area contributed by atoms with Crippen LogP contribution in [0.2, 0.25) is 0 Å². The lowest BCUT2D eigenvalue weighted by Crippen LogP contribution is -2.38. The van der Waals surface area contributed by atoms with Gasteiger partial charge in [-0.1, -0.05) is 0 Å². The van der Waals surface area contributed by atoms with E-state index >= 15 is 0 Å². The van der Waals surface area contributed by atoms with Crippen molar-refractivity contribution in [2.45, 2.75) is 6.54 Å². The molecule has 0 unspecified atom stereocenters. The van der Waals surface area contributed by atoms with Gasteiger partial charge in [0.05, 0.1) is 18.8 Å². The van der Waals surface area contributed by atoms with Crippen LogP contribution in [0.4, 0.5) is 22.0 Å². The molecule has 3 heterocycles. The van der Waals surface area contributed by atoms with Gasteiger partial charge in [0.2, 0.25) is 0 Å². The third-order valence-electron chi connectivity index (χ3n) is 4.70. The highest BCUT2D eigenvalue weighted by atomic mass is 16.5. The van der Waals surface area contributed by atoms with Crippen LogP contribution < -0.4 is 15.5 Å². The number of morpholine rings is 1. The topological polar surface area (TPSA) is 86.8 Å². The molecule has 0 atom stereocenters. The molecule has 1 aromatic heterocycles. The van der Waals surface area contributed by atoms with E-state index in [0.717, 1.165) is 11.3 Å². The van der Waals surface area contributed by atoms with Crippen molar-refractivity contribution in [1.29, 1.82) is 0 Å². The largest absolute Gasteiger partial charge is 0.378 e. The zero-order valence-corrected chi connectivity index (χ0v) is 15.1. The number of pyridine rings is 1. The fourth-order valence-electron chi connectivity index (χ4n) is 3.26. The fourth-order valence-corrected chi connectivity index (χ4v) is 3.26. The summed E-state index contributed by atoms with van der Waals surface area (Å²) in [6, 6.07) is 8.88. The number of hydrogen-bond acceptors (Lipinski definition) is 5. The highest BCUT2D eigenvalue weighted by Gasteiger charge is 2.22. The van der Waals surface area contributed by atoms with Crippen molar-refractivity contribution < 1.29 is 14.3 Å². The summed E-state index contributed by atoms with van der Waals surface area (Å²) >= 11 is 0. The Balaban J connectivity index is 1.55. The van der Waals surface area contributed by atoms with E-state index in [-0.39, 0.29) is 11.9 Å². The second kappa shape index (κ2) is 7.24. The molecule has 8 heteroatoms. The normalized spacial score (nSPS) is 16.6. The standard InChI is InChI=1S/C19H21N5O3/c1-23-12-13-11-14(4-5-16(13)22-19(23)26)21-18(25)15-3-2-6-20-17(15)24-7-9-27-10-8-24/h2-6,11H,7-10,12H2,1H3,(H,21,25)(H,22,26). The van der Waals surface area contributed by atoms with E-state index in [1.54, 1.807) is 36.3 Å². The summed E-state index contributed by atoms with van der Waals surface area (Å²) in [6.45, 7) is 3.17. The lowest BCUT2D eigenvalue weighted by molar-refractivity contribution is 0.102. The first-order chi connectivity index (χ1) is 13.1. The number of carbonyl (C=O) groups is 2. The first-order valence-corrected chi connectivity index (χ1v) is 8.86. The molecule has 2 aliphatic heterocycles. The van der Waals surface area contributed by atoms with E-state index in [0.29, 0.717) is 49.9 Å². The zero-order valence-electron chi connectivity index (χ0n) is 15.1. The Labute approximate surface area is 157 Å². The Morgan fingerprint density at radius 2 is 2.07 bits per heavy atom. The summed E-state index contributed by atoms with van der Waals surface area (Å²) in [5.41, 5.74) is 2.93. The molecule has 8 nitrogen and oxygen atoms in total. The molecule has 27 heavy (non-hydrogen) atoms. The predicted octanol–water partition coefficient (Wildman–Crippen LogP) is 2.15. The van der Waals surface area contributed by atoms with E-state index in [1.807, 2.05) is 12.1 Å². The number of anilines is 3. The number of aromatic nitrogens is 1. The molecule has 0 saturated carbocycles. The van der Waals surface area contributed by atoms with E-state index in [4.69, 9.17) is 4.74 Å². The van der Waals surface area contributed by atoms with Crippen molar-refractivity contribution in [2.75, 3.05) is 48.9 Å². The number of nitrogens with one attached hydrogen (secondary N) is 2. The minimum absolute atomic E-state index is 0.134. The van der Waals surface area contributed by atoms with Crippen molar-refractivity contribution in [3.63, 3.8) is 0 Å². The SMILES string of the molecule is CN1Cc2cc(NC(=O)c3cccnc3N3CCOCC3)ccc2NC1=O. The van der Waals surface area contributed by atoms with Gasteiger partial charge in [0.15, 0.2) is 0 Å². The van der Waals surface area contributed by atoms with Crippen LogP contribution in [-0.4, -0.2) is 55.2 Å². The number of carbonyl (C=O) groups excluding carboxylic acids is 2. The van der Waals surface area contributed by atoms with E-state index in [9.17, 15) is 9.59 Å². The van der Waals surface area contributed by atoms with Crippen molar-refractivity contribution in [1.82, 2.24) is 9.88 Å². The molecule has 1 aromatic carbocycles. The Morgan fingerprint density at radius 1 is 1.26 bits per heavy atom. The first kappa shape index (κ1) is 17.3. The highest BCUT2D eigenvalue weighted by molar-refractivity contribution is 6.07. The van der Waals surface area contributed by atoms with Gasteiger partial charge in [0.1, 0.15) is 5.82 Å². The molecule has 1 saturated heterocycles. The number of rotatable bonds is 3. The van der Waals surface area contributed by atoms with Gasteiger partial charge in [-0.05, 0) is 35.9 Å². The van der Waals surface area contributed by atoms with Crippen molar-refractivity contribution >= 4 is 29.1 Å².